The first-order chi connectivity index (χ1) is 15.6. The Kier molecular flexibility index (Phi) is 6.21. The van der Waals surface area contributed by atoms with Crippen LogP contribution in [0.4, 0.5) is 5.69 Å². The van der Waals surface area contributed by atoms with Crippen molar-refractivity contribution < 1.29 is 28.3 Å². The van der Waals surface area contributed by atoms with Crippen molar-refractivity contribution in [1.82, 2.24) is 4.90 Å². The number of imide groups is 1. The second kappa shape index (κ2) is 9.38. The molecule has 1 unspecified atom stereocenters. The van der Waals surface area contributed by atoms with Crippen molar-refractivity contribution in [3.8, 4) is 11.5 Å². The van der Waals surface area contributed by atoms with Gasteiger partial charge < -0.3 is 18.8 Å². The van der Waals surface area contributed by atoms with Crippen LogP contribution in [-0.2, 0) is 20.9 Å². The second-order valence-corrected chi connectivity index (χ2v) is 7.19. The molecule has 1 aliphatic heterocycles. The van der Waals surface area contributed by atoms with Crippen LogP contribution in [0, 0.1) is 0 Å². The molecule has 32 heavy (non-hydrogen) atoms. The molecule has 0 radical (unpaired) electrons. The van der Waals surface area contributed by atoms with Crippen molar-refractivity contribution in [2.24, 2.45) is 0 Å². The minimum Gasteiger partial charge on any atom is -0.497 e. The Hall–Kier alpha value is -4.07. The molecule has 8 nitrogen and oxygen atoms in total. The highest BCUT2D eigenvalue weighted by molar-refractivity contribution is 6.23. The normalized spacial score (nSPS) is 15.7. The van der Waals surface area contributed by atoms with Gasteiger partial charge in [-0.2, -0.15) is 0 Å². The highest BCUT2D eigenvalue weighted by Gasteiger charge is 2.44. The van der Waals surface area contributed by atoms with E-state index in [0.29, 0.717) is 22.9 Å². The third-order valence-electron chi connectivity index (χ3n) is 5.16. The molecule has 164 valence electrons. The first-order valence-electron chi connectivity index (χ1n) is 10.1. The molecule has 0 spiro atoms. The summed E-state index contributed by atoms with van der Waals surface area (Å²) in [5.41, 5.74) is 0.425. The number of methoxy groups -OCH3 is 1. The third-order valence-corrected chi connectivity index (χ3v) is 5.16. The van der Waals surface area contributed by atoms with Crippen LogP contribution in [0.3, 0.4) is 0 Å². The molecule has 1 saturated heterocycles. The number of benzene rings is 2. The Morgan fingerprint density at radius 3 is 2.44 bits per heavy atom. The fourth-order valence-electron chi connectivity index (χ4n) is 3.55. The van der Waals surface area contributed by atoms with Gasteiger partial charge in [-0.1, -0.05) is 18.2 Å². The summed E-state index contributed by atoms with van der Waals surface area (Å²) in [6, 6.07) is 18.0. The molecule has 0 saturated carbocycles. The number of carbonyl (C=O) groups is 3. The van der Waals surface area contributed by atoms with E-state index in [4.69, 9.17) is 13.9 Å². The molecule has 0 aliphatic carbocycles. The Morgan fingerprint density at radius 1 is 1.03 bits per heavy atom. The van der Waals surface area contributed by atoms with E-state index in [-0.39, 0.29) is 25.5 Å². The number of rotatable bonds is 8. The molecule has 1 aromatic heterocycles. The SMILES string of the molecule is COc1ccc(N2C(=O)CC(N(Cc3ccco3)C(=O)COc3ccccc3)C2=O)cc1. The fraction of sp³-hybridized carbons (Fsp3) is 0.208. The Labute approximate surface area is 184 Å². The summed E-state index contributed by atoms with van der Waals surface area (Å²) < 4.78 is 16.1. The van der Waals surface area contributed by atoms with Gasteiger partial charge >= 0.3 is 0 Å². The number of furan rings is 1. The van der Waals surface area contributed by atoms with E-state index in [9.17, 15) is 14.4 Å². The number of para-hydroxylation sites is 1. The molecule has 1 aliphatic rings. The molecule has 2 heterocycles. The summed E-state index contributed by atoms with van der Waals surface area (Å²) in [6.07, 6.45) is 1.37. The average Bonchev–Trinajstić information content (AvgIpc) is 3.44. The first kappa shape index (κ1) is 21.2. The lowest BCUT2D eigenvalue weighted by Gasteiger charge is -2.27. The summed E-state index contributed by atoms with van der Waals surface area (Å²) in [7, 11) is 1.53. The minimum absolute atomic E-state index is 0.0458. The average molecular weight is 434 g/mol. The van der Waals surface area contributed by atoms with E-state index in [1.807, 2.05) is 6.07 Å². The van der Waals surface area contributed by atoms with Crippen LogP contribution < -0.4 is 14.4 Å². The largest absolute Gasteiger partial charge is 0.497 e. The maximum absolute atomic E-state index is 13.2. The van der Waals surface area contributed by atoms with Gasteiger partial charge in [0.15, 0.2) is 6.61 Å². The van der Waals surface area contributed by atoms with Crippen molar-refractivity contribution >= 4 is 23.4 Å². The van der Waals surface area contributed by atoms with E-state index in [2.05, 4.69) is 0 Å². The number of amides is 3. The van der Waals surface area contributed by atoms with Gasteiger partial charge in [0.1, 0.15) is 23.3 Å². The summed E-state index contributed by atoms with van der Waals surface area (Å²) in [5.74, 6) is 0.366. The topological polar surface area (TPSA) is 89.3 Å². The minimum atomic E-state index is -0.957. The van der Waals surface area contributed by atoms with Crippen LogP contribution in [-0.4, -0.2) is 42.4 Å². The summed E-state index contributed by atoms with van der Waals surface area (Å²) >= 11 is 0. The molecule has 2 aromatic carbocycles. The highest BCUT2D eigenvalue weighted by Crippen LogP contribution is 2.28. The lowest BCUT2D eigenvalue weighted by molar-refractivity contribution is -0.141. The molecular weight excluding hydrogens is 412 g/mol. The van der Waals surface area contributed by atoms with Gasteiger partial charge in [0.05, 0.1) is 32.0 Å². The van der Waals surface area contributed by atoms with Gasteiger partial charge in [-0.25, -0.2) is 4.90 Å². The van der Waals surface area contributed by atoms with E-state index in [0.717, 1.165) is 4.90 Å². The number of nitrogens with zero attached hydrogens (tertiary/aromatic N) is 2. The van der Waals surface area contributed by atoms with Crippen LogP contribution in [0.1, 0.15) is 12.2 Å². The van der Waals surface area contributed by atoms with Crippen LogP contribution in [0.5, 0.6) is 11.5 Å². The quantitative estimate of drug-likeness (QED) is 0.507. The standard InChI is InChI=1S/C24H22N2O6/c1-30-18-11-9-17(10-12-18)26-22(27)14-21(24(26)29)25(15-20-8-5-13-31-20)23(28)16-32-19-6-3-2-4-7-19/h2-13,21H,14-16H2,1H3. The van der Waals surface area contributed by atoms with Crippen molar-refractivity contribution in [1.29, 1.82) is 0 Å². The summed E-state index contributed by atoms with van der Waals surface area (Å²) in [6.45, 7) is -0.227. The van der Waals surface area contributed by atoms with Crippen LogP contribution >= 0.6 is 0 Å². The molecule has 8 heteroatoms. The van der Waals surface area contributed by atoms with Gasteiger partial charge in [0.2, 0.25) is 5.91 Å². The zero-order valence-electron chi connectivity index (χ0n) is 17.5. The fourth-order valence-corrected chi connectivity index (χ4v) is 3.55. The predicted octanol–water partition coefficient (Wildman–Crippen LogP) is 3.03. The maximum Gasteiger partial charge on any atom is 0.261 e. The zero-order chi connectivity index (χ0) is 22.5. The van der Waals surface area contributed by atoms with Crippen molar-refractivity contribution in [2.45, 2.75) is 19.0 Å². The number of hydrogen-bond donors (Lipinski definition) is 0. The maximum atomic E-state index is 13.2. The van der Waals surface area contributed by atoms with E-state index in [1.165, 1.54) is 18.3 Å². The number of hydrogen-bond acceptors (Lipinski definition) is 6. The number of ether oxygens (including phenoxy) is 2. The summed E-state index contributed by atoms with van der Waals surface area (Å²) in [4.78, 5) is 41.5. The van der Waals surface area contributed by atoms with Crippen molar-refractivity contribution in [2.75, 3.05) is 18.6 Å². The smallest absolute Gasteiger partial charge is 0.261 e. The van der Waals surface area contributed by atoms with Gasteiger partial charge in [0.25, 0.3) is 11.8 Å². The van der Waals surface area contributed by atoms with E-state index >= 15 is 0 Å². The molecule has 0 N–H and O–H groups in total. The molecule has 1 atom stereocenters. The predicted molar refractivity (Wildman–Crippen MR) is 115 cm³/mol. The van der Waals surface area contributed by atoms with Crippen molar-refractivity contribution in [3.63, 3.8) is 0 Å². The van der Waals surface area contributed by atoms with Crippen LogP contribution in [0.2, 0.25) is 0 Å². The molecular formula is C24H22N2O6. The Bertz CT molecular complexity index is 1080. The highest BCUT2D eigenvalue weighted by atomic mass is 16.5. The van der Waals surface area contributed by atoms with Crippen molar-refractivity contribution in [3.05, 3.63) is 78.8 Å². The monoisotopic (exact) mass is 434 g/mol. The lowest BCUT2D eigenvalue weighted by Crippen LogP contribution is -2.46. The van der Waals surface area contributed by atoms with Crippen LogP contribution in [0.25, 0.3) is 0 Å². The zero-order valence-corrected chi connectivity index (χ0v) is 17.5. The van der Waals surface area contributed by atoms with Gasteiger partial charge in [-0.05, 0) is 48.5 Å². The molecule has 1 fully saturated rings. The molecule has 4 rings (SSSR count). The number of carbonyl (C=O) groups excluding carboxylic acids is 3. The molecule has 3 amide bonds. The van der Waals surface area contributed by atoms with E-state index < -0.39 is 17.9 Å². The Balaban J connectivity index is 1.55. The van der Waals surface area contributed by atoms with Gasteiger partial charge in [0, 0.05) is 0 Å². The van der Waals surface area contributed by atoms with Gasteiger partial charge in [-0.3, -0.25) is 14.4 Å². The van der Waals surface area contributed by atoms with Gasteiger partial charge in [-0.15, -0.1) is 0 Å². The number of anilines is 1. The van der Waals surface area contributed by atoms with Crippen LogP contribution in [0.15, 0.2) is 77.4 Å². The second-order valence-electron chi connectivity index (χ2n) is 7.19. The first-order valence-corrected chi connectivity index (χ1v) is 10.1. The Morgan fingerprint density at radius 2 is 1.78 bits per heavy atom. The molecule has 0 bridgehead atoms. The molecule has 3 aromatic rings. The summed E-state index contributed by atoms with van der Waals surface area (Å²) in [5, 5.41) is 0. The lowest BCUT2D eigenvalue weighted by atomic mass is 10.2. The van der Waals surface area contributed by atoms with E-state index in [1.54, 1.807) is 60.7 Å². The third kappa shape index (κ3) is 4.49.